The Morgan fingerprint density at radius 3 is 2.61 bits per heavy atom. The Morgan fingerprint density at radius 1 is 1.39 bits per heavy atom. The molecule has 0 aliphatic heterocycles. The summed E-state index contributed by atoms with van der Waals surface area (Å²) in [6.45, 7) is 7.36. The number of hydrogen-bond acceptors (Lipinski definition) is 3. The number of ether oxygens (including phenoxy) is 1. The Kier molecular flexibility index (Phi) is 5.16. The maximum atomic E-state index is 11.5. The molecular formula is C14H21NO3. The molecule has 100 valence electrons. The number of amides is 1. The van der Waals surface area contributed by atoms with Gasteiger partial charge in [0, 0.05) is 11.6 Å². The van der Waals surface area contributed by atoms with Crippen LogP contribution in [-0.2, 0) is 4.79 Å². The molecule has 0 bridgehead atoms. The van der Waals surface area contributed by atoms with Crippen LogP contribution in [0, 0.1) is 6.92 Å². The Bertz CT molecular complexity index is 414. The van der Waals surface area contributed by atoms with Crippen LogP contribution in [0.4, 0.5) is 0 Å². The summed E-state index contributed by atoms with van der Waals surface area (Å²) in [4.78, 5) is 11.5. The Labute approximate surface area is 108 Å². The highest BCUT2D eigenvalue weighted by Crippen LogP contribution is 2.26. The molecular weight excluding hydrogens is 230 g/mol. The summed E-state index contributed by atoms with van der Waals surface area (Å²) in [5.74, 6) is 0.395. The van der Waals surface area contributed by atoms with Gasteiger partial charge in [-0.25, -0.2) is 0 Å². The minimum atomic E-state index is -0.617. The lowest BCUT2D eigenvalue weighted by molar-refractivity contribution is -0.123. The summed E-state index contributed by atoms with van der Waals surface area (Å²) < 4.78 is 5.47. The number of hydrogen-bond donors (Lipinski definition) is 2. The maximum Gasteiger partial charge on any atom is 0.258 e. The van der Waals surface area contributed by atoms with E-state index in [9.17, 15) is 9.90 Å². The molecule has 1 unspecified atom stereocenters. The summed E-state index contributed by atoms with van der Waals surface area (Å²) in [5.41, 5.74) is 1.72. The molecule has 0 saturated carbocycles. The molecule has 1 atom stereocenters. The highest BCUT2D eigenvalue weighted by Gasteiger charge is 2.11. The van der Waals surface area contributed by atoms with Crippen LogP contribution in [0.25, 0.3) is 0 Å². The van der Waals surface area contributed by atoms with Gasteiger partial charge in [0.1, 0.15) is 5.75 Å². The summed E-state index contributed by atoms with van der Waals surface area (Å²) in [6, 6.07) is 5.64. The van der Waals surface area contributed by atoms with E-state index in [1.54, 1.807) is 6.92 Å². The second kappa shape index (κ2) is 6.40. The Balaban J connectivity index is 2.71. The van der Waals surface area contributed by atoms with E-state index in [0.29, 0.717) is 11.3 Å². The summed E-state index contributed by atoms with van der Waals surface area (Å²) in [5, 5.41) is 12.4. The van der Waals surface area contributed by atoms with Crippen molar-refractivity contribution < 1.29 is 14.6 Å². The molecule has 1 aromatic carbocycles. The van der Waals surface area contributed by atoms with Gasteiger partial charge in [-0.1, -0.05) is 12.1 Å². The molecule has 0 aliphatic rings. The van der Waals surface area contributed by atoms with Gasteiger partial charge in [-0.15, -0.1) is 0 Å². The van der Waals surface area contributed by atoms with Gasteiger partial charge in [-0.2, -0.15) is 0 Å². The van der Waals surface area contributed by atoms with Crippen molar-refractivity contribution in [3.05, 3.63) is 29.3 Å². The fourth-order valence-electron chi connectivity index (χ4n) is 1.62. The monoisotopic (exact) mass is 251 g/mol. The second-order valence-corrected chi connectivity index (χ2v) is 4.73. The molecule has 0 spiro atoms. The molecule has 18 heavy (non-hydrogen) atoms. The third-order valence-electron chi connectivity index (χ3n) is 2.43. The van der Waals surface area contributed by atoms with Gasteiger partial charge in [-0.3, -0.25) is 4.79 Å². The van der Waals surface area contributed by atoms with Crippen LogP contribution in [0.2, 0.25) is 0 Å². The van der Waals surface area contributed by atoms with Crippen molar-refractivity contribution in [1.29, 1.82) is 0 Å². The number of rotatable bonds is 5. The van der Waals surface area contributed by atoms with Gasteiger partial charge in [0.05, 0.1) is 6.10 Å². The first-order valence-corrected chi connectivity index (χ1v) is 6.11. The van der Waals surface area contributed by atoms with Crippen molar-refractivity contribution in [3.8, 4) is 5.75 Å². The zero-order chi connectivity index (χ0) is 13.7. The number of carbonyl (C=O) groups is 1. The maximum absolute atomic E-state index is 11.5. The molecule has 1 amide bonds. The number of aliphatic hydroxyl groups excluding tert-OH is 1. The molecule has 0 aromatic heterocycles. The van der Waals surface area contributed by atoms with E-state index in [4.69, 9.17) is 4.74 Å². The minimum absolute atomic E-state index is 0.0403. The highest BCUT2D eigenvalue weighted by molar-refractivity contribution is 5.77. The molecule has 2 N–H and O–H groups in total. The second-order valence-electron chi connectivity index (χ2n) is 4.73. The molecule has 0 heterocycles. The molecule has 4 heteroatoms. The summed E-state index contributed by atoms with van der Waals surface area (Å²) in [6.07, 6.45) is -0.617. The zero-order valence-electron chi connectivity index (χ0n) is 11.4. The average molecular weight is 251 g/mol. The predicted octanol–water partition coefficient (Wildman–Crippen LogP) is 1.95. The smallest absolute Gasteiger partial charge is 0.258 e. The van der Waals surface area contributed by atoms with Crippen LogP contribution in [0.3, 0.4) is 0 Å². The Hall–Kier alpha value is -1.55. The van der Waals surface area contributed by atoms with Gasteiger partial charge < -0.3 is 15.2 Å². The normalized spacial score (nSPS) is 12.3. The molecule has 4 nitrogen and oxygen atoms in total. The number of carbonyl (C=O) groups excluding carboxylic acids is 1. The van der Waals surface area contributed by atoms with Crippen molar-refractivity contribution in [2.75, 3.05) is 6.61 Å². The predicted molar refractivity (Wildman–Crippen MR) is 70.6 cm³/mol. The molecule has 0 fully saturated rings. The van der Waals surface area contributed by atoms with Crippen molar-refractivity contribution in [1.82, 2.24) is 5.32 Å². The van der Waals surface area contributed by atoms with Crippen LogP contribution in [0.1, 0.15) is 38.0 Å². The standard InChI is InChI=1S/C14H21NO3/c1-9(2)15-14(17)8-18-13-7-10(3)5-6-12(13)11(4)16/h5-7,9,11,16H,8H2,1-4H3,(H,15,17). The minimum Gasteiger partial charge on any atom is -0.483 e. The number of nitrogens with one attached hydrogen (secondary N) is 1. The van der Waals surface area contributed by atoms with Gasteiger partial charge in [0.25, 0.3) is 5.91 Å². The molecule has 0 radical (unpaired) electrons. The number of aryl methyl sites for hydroxylation is 1. The third kappa shape index (κ3) is 4.37. The zero-order valence-corrected chi connectivity index (χ0v) is 11.4. The lowest BCUT2D eigenvalue weighted by atomic mass is 10.1. The van der Waals surface area contributed by atoms with E-state index in [2.05, 4.69) is 5.32 Å². The topological polar surface area (TPSA) is 58.6 Å². The largest absolute Gasteiger partial charge is 0.483 e. The third-order valence-corrected chi connectivity index (χ3v) is 2.43. The first-order chi connectivity index (χ1) is 8.40. The fourth-order valence-corrected chi connectivity index (χ4v) is 1.62. The van der Waals surface area contributed by atoms with Crippen LogP contribution >= 0.6 is 0 Å². The van der Waals surface area contributed by atoms with Crippen LogP contribution in [-0.4, -0.2) is 23.7 Å². The molecule has 0 aliphatic carbocycles. The number of benzene rings is 1. The quantitative estimate of drug-likeness (QED) is 0.841. The molecule has 1 rings (SSSR count). The van der Waals surface area contributed by atoms with Crippen LogP contribution < -0.4 is 10.1 Å². The van der Waals surface area contributed by atoms with Gasteiger partial charge >= 0.3 is 0 Å². The van der Waals surface area contributed by atoms with Gasteiger partial charge in [0.2, 0.25) is 0 Å². The van der Waals surface area contributed by atoms with E-state index >= 15 is 0 Å². The van der Waals surface area contributed by atoms with E-state index in [1.807, 2.05) is 39.0 Å². The van der Waals surface area contributed by atoms with Crippen molar-refractivity contribution in [3.63, 3.8) is 0 Å². The van der Waals surface area contributed by atoms with E-state index in [0.717, 1.165) is 5.56 Å². The fraction of sp³-hybridized carbons (Fsp3) is 0.500. The average Bonchev–Trinajstić information content (AvgIpc) is 2.25. The molecule has 0 saturated heterocycles. The van der Waals surface area contributed by atoms with E-state index in [-0.39, 0.29) is 18.6 Å². The van der Waals surface area contributed by atoms with Crippen molar-refractivity contribution >= 4 is 5.91 Å². The van der Waals surface area contributed by atoms with Crippen molar-refractivity contribution in [2.24, 2.45) is 0 Å². The first kappa shape index (κ1) is 14.5. The van der Waals surface area contributed by atoms with Gasteiger partial charge in [0.15, 0.2) is 6.61 Å². The Morgan fingerprint density at radius 2 is 2.06 bits per heavy atom. The van der Waals surface area contributed by atoms with Crippen LogP contribution in [0.5, 0.6) is 5.75 Å². The SMILES string of the molecule is Cc1ccc(C(C)O)c(OCC(=O)NC(C)C)c1. The highest BCUT2D eigenvalue weighted by atomic mass is 16.5. The summed E-state index contributed by atoms with van der Waals surface area (Å²) in [7, 11) is 0. The van der Waals surface area contributed by atoms with Crippen LogP contribution in [0.15, 0.2) is 18.2 Å². The lowest BCUT2D eigenvalue weighted by Gasteiger charge is -2.15. The van der Waals surface area contributed by atoms with E-state index in [1.165, 1.54) is 0 Å². The van der Waals surface area contributed by atoms with E-state index < -0.39 is 6.10 Å². The van der Waals surface area contributed by atoms with Gasteiger partial charge in [-0.05, 0) is 39.3 Å². The molecule has 1 aromatic rings. The first-order valence-electron chi connectivity index (χ1n) is 6.11. The van der Waals surface area contributed by atoms with Crippen molar-refractivity contribution in [2.45, 2.75) is 39.8 Å². The number of aliphatic hydroxyl groups is 1. The lowest BCUT2D eigenvalue weighted by Crippen LogP contribution is -2.34. The summed E-state index contributed by atoms with van der Waals surface area (Å²) >= 11 is 0.